The highest BCUT2D eigenvalue weighted by Crippen LogP contribution is 2.20. The number of ether oxygens (including phenoxy) is 1. The number of halogens is 2. The van der Waals surface area contributed by atoms with Crippen LogP contribution in [0.3, 0.4) is 0 Å². The maximum absolute atomic E-state index is 11.9. The van der Waals surface area contributed by atoms with Gasteiger partial charge in [0.05, 0.1) is 0 Å². The molecule has 2 aromatic carbocycles. The monoisotopic (exact) mass is 331 g/mol. The summed E-state index contributed by atoms with van der Waals surface area (Å²) in [5, 5.41) is 1.27. The fourth-order valence-electron chi connectivity index (χ4n) is 2.06. The number of hydrogen-bond donors (Lipinski definition) is 0. The highest BCUT2D eigenvalue weighted by atomic mass is 35.5. The zero-order chi connectivity index (χ0) is 15.5. The fraction of sp³-hybridized carbons (Fsp3) is 0.0588. The van der Waals surface area contributed by atoms with Crippen LogP contribution < -0.4 is 0 Å². The average Bonchev–Trinajstić information content (AvgIpc) is 2.81. The van der Waals surface area contributed by atoms with Gasteiger partial charge in [-0.15, -0.1) is 0 Å². The number of cyclic esters (lactones) is 1. The lowest BCUT2D eigenvalue weighted by Gasteiger charge is -1.99. The maximum Gasteiger partial charge on any atom is 0.363 e. The van der Waals surface area contributed by atoms with Gasteiger partial charge in [0.2, 0.25) is 5.90 Å². The van der Waals surface area contributed by atoms with Crippen molar-refractivity contribution in [3.63, 3.8) is 0 Å². The Kier molecular flexibility index (Phi) is 4.27. The number of aliphatic imine (C=N–C) groups is 1. The topological polar surface area (TPSA) is 38.7 Å². The summed E-state index contributed by atoms with van der Waals surface area (Å²) in [6, 6.07) is 14.5. The quantitative estimate of drug-likeness (QED) is 0.612. The van der Waals surface area contributed by atoms with E-state index in [9.17, 15) is 4.79 Å². The largest absolute Gasteiger partial charge is 0.406 e. The second kappa shape index (κ2) is 6.34. The highest BCUT2D eigenvalue weighted by Gasteiger charge is 2.22. The molecule has 22 heavy (non-hydrogen) atoms. The summed E-state index contributed by atoms with van der Waals surface area (Å²) >= 11 is 11.8. The third-order valence-corrected chi connectivity index (χ3v) is 3.57. The van der Waals surface area contributed by atoms with Crippen LogP contribution in [0, 0.1) is 0 Å². The molecular weight excluding hydrogens is 321 g/mol. The molecular formula is C17H11Cl2NO2. The fourth-order valence-corrected chi connectivity index (χ4v) is 2.38. The first-order valence-corrected chi connectivity index (χ1v) is 7.37. The Hall–Kier alpha value is -2.10. The molecule has 0 bridgehead atoms. The van der Waals surface area contributed by atoms with E-state index in [2.05, 4.69) is 4.99 Å². The van der Waals surface area contributed by atoms with E-state index < -0.39 is 5.97 Å². The van der Waals surface area contributed by atoms with Crippen molar-refractivity contribution in [3.05, 3.63) is 75.4 Å². The summed E-state index contributed by atoms with van der Waals surface area (Å²) < 4.78 is 5.19. The SMILES string of the molecule is O=C1OC(Cc2ccc(Cl)cc2)=N/C1=C/c1cccc(Cl)c1. The van der Waals surface area contributed by atoms with Gasteiger partial charge in [-0.1, -0.05) is 47.5 Å². The van der Waals surface area contributed by atoms with Gasteiger partial charge in [-0.25, -0.2) is 9.79 Å². The van der Waals surface area contributed by atoms with E-state index in [-0.39, 0.29) is 5.70 Å². The van der Waals surface area contributed by atoms with Crippen LogP contribution in [0.5, 0.6) is 0 Å². The van der Waals surface area contributed by atoms with Gasteiger partial charge in [-0.2, -0.15) is 0 Å². The zero-order valence-corrected chi connectivity index (χ0v) is 12.9. The van der Waals surface area contributed by atoms with Crippen molar-refractivity contribution in [3.8, 4) is 0 Å². The van der Waals surface area contributed by atoms with Gasteiger partial charge in [0, 0.05) is 16.5 Å². The van der Waals surface area contributed by atoms with E-state index in [4.69, 9.17) is 27.9 Å². The first-order valence-electron chi connectivity index (χ1n) is 6.61. The van der Waals surface area contributed by atoms with Crippen molar-refractivity contribution in [1.82, 2.24) is 0 Å². The number of carbonyl (C=O) groups excluding carboxylic acids is 1. The van der Waals surface area contributed by atoms with Crippen LogP contribution in [0.1, 0.15) is 11.1 Å². The van der Waals surface area contributed by atoms with E-state index in [1.165, 1.54) is 0 Å². The van der Waals surface area contributed by atoms with E-state index >= 15 is 0 Å². The molecule has 0 saturated carbocycles. The molecule has 0 spiro atoms. The van der Waals surface area contributed by atoms with E-state index in [0.717, 1.165) is 11.1 Å². The lowest BCUT2D eigenvalue weighted by atomic mass is 10.1. The molecule has 0 amide bonds. The molecule has 0 unspecified atom stereocenters. The highest BCUT2D eigenvalue weighted by molar-refractivity contribution is 6.31. The molecule has 0 fully saturated rings. The van der Waals surface area contributed by atoms with Crippen LogP contribution >= 0.6 is 23.2 Å². The minimum absolute atomic E-state index is 0.270. The summed E-state index contributed by atoms with van der Waals surface area (Å²) in [5.41, 5.74) is 2.04. The molecule has 5 heteroatoms. The van der Waals surface area contributed by atoms with Gasteiger partial charge in [0.15, 0.2) is 5.70 Å². The summed E-state index contributed by atoms with van der Waals surface area (Å²) in [5.74, 6) is -0.0791. The van der Waals surface area contributed by atoms with E-state index in [0.29, 0.717) is 22.4 Å². The van der Waals surface area contributed by atoms with Gasteiger partial charge in [0.25, 0.3) is 0 Å². The maximum atomic E-state index is 11.9. The zero-order valence-electron chi connectivity index (χ0n) is 11.4. The Balaban J connectivity index is 1.80. The van der Waals surface area contributed by atoms with Crippen LogP contribution in [0.4, 0.5) is 0 Å². The first kappa shape index (κ1) is 14.8. The standard InChI is InChI=1S/C17H11Cl2NO2/c18-13-6-4-11(5-7-13)10-16-20-15(17(21)22-16)9-12-2-1-3-14(19)8-12/h1-9H,10H2/b15-9+. The Morgan fingerprint density at radius 2 is 1.82 bits per heavy atom. The molecule has 3 rings (SSSR count). The molecule has 110 valence electrons. The van der Waals surface area contributed by atoms with Crippen LogP contribution in [-0.2, 0) is 16.0 Å². The van der Waals surface area contributed by atoms with Crippen LogP contribution in [0.15, 0.2) is 59.2 Å². The van der Waals surface area contributed by atoms with Crippen LogP contribution in [-0.4, -0.2) is 11.9 Å². The molecule has 2 aromatic rings. The molecule has 1 heterocycles. The Morgan fingerprint density at radius 1 is 1.05 bits per heavy atom. The molecule has 0 N–H and O–H groups in total. The van der Waals surface area contributed by atoms with Crippen molar-refractivity contribution in [2.45, 2.75) is 6.42 Å². The van der Waals surface area contributed by atoms with Crippen molar-refractivity contribution in [1.29, 1.82) is 0 Å². The van der Waals surface area contributed by atoms with Crippen molar-refractivity contribution >= 4 is 41.1 Å². The minimum atomic E-state index is -0.455. The van der Waals surface area contributed by atoms with Gasteiger partial charge >= 0.3 is 5.97 Å². The van der Waals surface area contributed by atoms with Gasteiger partial charge in [-0.05, 0) is 41.5 Å². The van der Waals surface area contributed by atoms with Gasteiger partial charge in [-0.3, -0.25) is 0 Å². The Morgan fingerprint density at radius 3 is 2.55 bits per heavy atom. The number of rotatable bonds is 3. The summed E-state index contributed by atoms with van der Waals surface area (Å²) in [7, 11) is 0. The second-order valence-corrected chi connectivity index (χ2v) is 5.66. The van der Waals surface area contributed by atoms with Crippen molar-refractivity contribution in [2.24, 2.45) is 4.99 Å². The minimum Gasteiger partial charge on any atom is -0.406 e. The number of hydrogen-bond acceptors (Lipinski definition) is 3. The van der Waals surface area contributed by atoms with E-state index in [1.807, 2.05) is 24.3 Å². The van der Waals surface area contributed by atoms with Crippen molar-refractivity contribution in [2.75, 3.05) is 0 Å². The molecule has 1 aliphatic heterocycles. The third-order valence-electron chi connectivity index (χ3n) is 3.09. The molecule has 0 saturated heterocycles. The summed E-state index contributed by atoms with van der Waals surface area (Å²) in [6.07, 6.45) is 2.10. The summed E-state index contributed by atoms with van der Waals surface area (Å²) in [6.45, 7) is 0. The van der Waals surface area contributed by atoms with Gasteiger partial charge < -0.3 is 4.74 Å². The molecule has 0 radical (unpaired) electrons. The molecule has 3 nitrogen and oxygen atoms in total. The normalized spacial score (nSPS) is 15.8. The van der Waals surface area contributed by atoms with Crippen molar-refractivity contribution < 1.29 is 9.53 Å². The summed E-state index contributed by atoms with van der Waals surface area (Å²) in [4.78, 5) is 16.1. The first-order chi connectivity index (χ1) is 10.6. The molecule has 1 aliphatic rings. The van der Waals surface area contributed by atoms with E-state index in [1.54, 1.807) is 30.3 Å². The molecule has 0 aliphatic carbocycles. The number of benzene rings is 2. The lowest BCUT2D eigenvalue weighted by Crippen LogP contribution is -2.06. The Bertz CT molecular complexity index is 780. The third kappa shape index (κ3) is 3.56. The Labute approximate surface area is 137 Å². The lowest BCUT2D eigenvalue weighted by molar-refractivity contribution is -0.130. The molecule has 0 atom stereocenters. The average molecular weight is 332 g/mol. The number of nitrogens with zero attached hydrogens (tertiary/aromatic N) is 1. The van der Waals surface area contributed by atoms with Crippen LogP contribution in [0.25, 0.3) is 6.08 Å². The van der Waals surface area contributed by atoms with Crippen LogP contribution in [0.2, 0.25) is 10.0 Å². The predicted octanol–water partition coefficient (Wildman–Crippen LogP) is 4.53. The predicted molar refractivity (Wildman–Crippen MR) is 88.1 cm³/mol. The van der Waals surface area contributed by atoms with Gasteiger partial charge in [0.1, 0.15) is 0 Å². The number of carbonyl (C=O) groups is 1. The second-order valence-electron chi connectivity index (χ2n) is 4.78. The number of esters is 1. The molecule has 0 aromatic heterocycles. The smallest absolute Gasteiger partial charge is 0.363 e.